The molecule has 2 N–H and O–H groups in total. The second-order valence-corrected chi connectivity index (χ2v) is 8.81. The predicted octanol–water partition coefficient (Wildman–Crippen LogP) is -0.444. The van der Waals surface area contributed by atoms with Gasteiger partial charge in [-0.15, -0.1) is 0 Å². The molecule has 3 rings (SSSR count). The van der Waals surface area contributed by atoms with E-state index in [0.29, 0.717) is 19.0 Å². The SMILES string of the molecule is CN(CC1CCCN1C(=O)C(O)CO)c1ncc(B2OC(C)(C)C(C)(C)O2)cn1. The summed E-state index contributed by atoms with van der Waals surface area (Å²) in [5, 5.41) is 18.7. The molecule has 2 saturated heterocycles. The summed E-state index contributed by atoms with van der Waals surface area (Å²) < 4.78 is 12.1. The Labute approximate surface area is 172 Å². The molecular formula is C19H31BN4O5. The molecule has 2 unspecified atom stereocenters. The van der Waals surface area contributed by atoms with Crippen molar-refractivity contribution in [3.63, 3.8) is 0 Å². The van der Waals surface area contributed by atoms with Gasteiger partial charge in [-0.3, -0.25) is 4.79 Å². The lowest BCUT2D eigenvalue weighted by Crippen LogP contribution is -2.47. The number of anilines is 1. The summed E-state index contributed by atoms with van der Waals surface area (Å²) in [5.74, 6) is 0.104. The van der Waals surface area contributed by atoms with E-state index in [1.54, 1.807) is 17.3 Å². The number of carbonyl (C=O) groups is 1. The Kier molecular flexibility index (Phi) is 6.19. The van der Waals surface area contributed by atoms with Crippen LogP contribution in [0.1, 0.15) is 40.5 Å². The van der Waals surface area contributed by atoms with E-state index in [0.717, 1.165) is 18.3 Å². The average molecular weight is 406 g/mol. The summed E-state index contributed by atoms with van der Waals surface area (Å²) >= 11 is 0. The molecule has 0 aromatic carbocycles. The molecule has 0 radical (unpaired) electrons. The first-order chi connectivity index (χ1) is 13.6. The first-order valence-electron chi connectivity index (χ1n) is 10.0. The highest BCUT2D eigenvalue weighted by molar-refractivity contribution is 6.61. The lowest BCUT2D eigenvalue weighted by molar-refractivity contribution is -0.142. The van der Waals surface area contributed by atoms with Crippen molar-refractivity contribution in [3.05, 3.63) is 12.4 Å². The normalized spacial score (nSPS) is 24.0. The number of nitrogens with zero attached hydrogens (tertiary/aromatic N) is 4. The Morgan fingerprint density at radius 3 is 2.45 bits per heavy atom. The van der Waals surface area contributed by atoms with Crippen molar-refractivity contribution in [3.8, 4) is 0 Å². The number of aromatic nitrogens is 2. The van der Waals surface area contributed by atoms with Gasteiger partial charge in [0.15, 0.2) is 6.10 Å². The third-order valence-corrected chi connectivity index (χ3v) is 6.13. The predicted molar refractivity (Wildman–Crippen MR) is 109 cm³/mol. The maximum Gasteiger partial charge on any atom is 0.498 e. The van der Waals surface area contributed by atoms with Crippen LogP contribution in [0.2, 0.25) is 0 Å². The van der Waals surface area contributed by atoms with Crippen LogP contribution in [0.3, 0.4) is 0 Å². The van der Waals surface area contributed by atoms with Crippen LogP contribution in [-0.2, 0) is 14.1 Å². The minimum atomic E-state index is -1.36. The van der Waals surface area contributed by atoms with Crippen LogP contribution in [0.4, 0.5) is 5.95 Å². The molecule has 0 spiro atoms. The lowest BCUT2D eigenvalue weighted by atomic mass is 9.81. The number of likely N-dealkylation sites (N-methyl/N-ethyl adjacent to an activating group) is 1. The van der Waals surface area contributed by atoms with Crippen molar-refractivity contribution in [2.24, 2.45) is 0 Å². The summed E-state index contributed by atoms with van der Waals surface area (Å²) in [6.07, 6.45) is 3.74. The second-order valence-electron chi connectivity index (χ2n) is 8.81. The third kappa shape index (κ3) is 4.40. The van der Waals surface area contributed by atoms with Gasteiger partial charge in [-0.1, -0.05) is 0 Å². The van der Waals surface area contributed by atoms with E-state index in [4.69, 9.17) is 14.4 Å². The van der Waals surface area contributed by atoms with Gasteiger partial charge in [0.2, 0.25) is 5.95 Å². The molecule has 160 valence electrons. The van der Waals surface area contributed by atoms with Gasteiger partial charge in [-0.25, -0.2) is 9.97 Å². The highest BCUT2D eigenvalue weighted by atomic mass is 16.7. The summed E-state index contributed by atoms with van der Waals surface area (Å²) in [6, 6.07) is -0.0555. The summed E-state index contributed by atoms with van der Waals surface area (Å²) in [6.45, 7) is 8.55. The van der Waals surface area contributed by atoms with Crippen LogP contribution >= 0.6 is 0 Å². The van der Waals surface area contributed by atoms with Gasteiger partial charge in [-0.05, 0) is 40.5 Å². The van der Waals surface area contributed by atoms with Crippen molar-refractivity contribution >= 4 is 24.4 Å². The van der Waals surface area contributed by atoms with Crippen LogP contribution in [0.5, 0.6) is 0 Å². The molecule has 29 heavy (non-hydrogen) atoms. The van der Waals surface area contributed by atoms with Gasteiger partial charge in [0, 0.05) is 44.0 Å². The van der Waals surface area contributed by atoms with Crippen molar-refractivity contribution in [1.82, 2.24) is 14.9 Å². The zero-order valence-corrected chi connectivity index (χ0v) is 17.8. The van der Waals surface area contributed by atoms with Gasteiger partial charge in [0.05, 0.1) is 17.8 Å². The number of amides is 1. The molecule has 1 amide bonds. The van der Waals surface area contributed by atoms with E-state index >= 15 is 0 Å². The molecule has 0 aliphatic carbocycles. The Hall–Kier alpha value is -1.75. The topological polar surface area (TPSA) is 108 Å². The van der Waals surface area contributed by atoms with Gasteiger partial charge in [-0.2, -0.15) is 0 Å². The first kappa shape index (κ1) is 22.0. The number of carbonyl (C=O) groups excluding carboxylic acids is 1. The maximum atomic E-state index is 12.2. The highest BCUT2D eigenvalue weighted by Gasteiger charge is 2.52. The molecule has 0 bridgehead atoms. The largest absolute Gasteiger partial charge is 0.498 e. The highest BCUT2D eigenvalue weighted by Crippen LogP contribution is 2.36. The maximum absolute atomic E-state index is 12.2. The van der Waals surface area contributed by atoms with Crippen molar-refractivity contribution in [1.29, 1.82) is 0 Å². The van der Waals surface area contributed by atoms with Gasteiger partial charge in [0.25, 0.3) is 5.91 Å². The number of likely N-dealkylation sites (tertiary alicyclic amines) is 1. The standard InChI is InChI=1S/C19H31BN4O5/c1-18(2)19(3,4)29-20(28-18)13-9-21-17(22-10-13)23(5)11-14-7-6-8-24(14)16(27)15(26)12-25/h9-10,14-15,25-26H,6-8,11-12H2,1-5H3. The average Bonchev–Trinajstić information content (AvgIpc) is 3.21. The molecular weight excluding hydrogens is 375 g/mol. The quantitative estimate of drug-likeness (QED) is 0.612. The zero-order valence-electron chi connectivity index (χ0n) is 17.8. The molecule has 1 aromatic heterocycles. The molecule has 2 fully saturated rings. The molecule has 0 saturated carbocycles. The molecule has 3 heterocycles. The van der Waals surface area contributed by atoms with Crippen LogP contribution in [0.15, 0.2) is 12.4 Å². The Balaban J connectivity index is 1.64. The van der Waals surface area contributed by atoms with Crippen LogP contribution in [0.25, 0.3) is 0 Å². The van der Waals surface area contributed by atoms with E-state index in [1.807, 2.05) is 39.6 Å². The molecule has 2 aliphatic rings. The van der Waals surface area contributed by atoms with Crippen LogP contribution in [0, 0.1) is 0 Å². The lowest BCUT2D eigenvalue weighted by Gasteiger charge is -2.32. The zero-order chi connectivity index (χ0) is 21.4. The first-order valence-corrected chi connectivity index (χ1v) is 10.0. The number of aliphatic hydroxyl groups is 2. The fourth-order valence-corrected chi connectivity index (χ4v) is 3.61. The van der Waals surface area contributed by atoms with Crippen molar-refractivity contribution in [2.75, 3.05) is 31.6 Å². The monoisotopic (exact) mass is 406 g/mol. The smallest absolute Gasteiger partial charge is 0.399 e. The minimum absolute atomic E-state index is 0.0555. The number of rotatable bonds is 6. The van der Waals surface area contributed by atoms with Gasteiger partial charge in [0.1, 0.15) is 0 Å². The molecule has 1 aromatic rings. The van der Waals surface area contributed by atoms with Crippen molar-refractivity contribution < 1.29 is 24.3 Å². The van der Waals surface area contributed by atoms with Gasteiger partial charge >= 0.3 is 7.12 Å². The third-order valence-electron chi connectivity index (χ3n) is 6.13. The van der Waals surface area contributed by atoms with E-state index in [2.05, 4.69) is 9.97 Å². The molecule has 10 heteroatoms. The molecule has 9 nitrogen and oxygen atoms in total. The van der Waals surface area contributed by atoms with Gasteiger partial charge < -0.3 is 29.3 Å². The fraction of sp³-hybridized carbons (Fsp3) is 0.737. The Bertz CT molecular complexity index is 714. The Morgan fingerprint density at radius 1 is 1.31 bits per heavy atom. The van der Waals surface area contributed by atoms with E-state index < -0.39 is 36.9 Å². The number of hydrogen-bond acceptors (Lipinski definition) is 8. The summed E-state index contributed by atoms with van der Waals surface area (Å²) in [7, 11) is 1.36. The molecule has 2 aliphatic heterocycles. The second kappa shape index (κ2) is 8.18. The summed E-state index contributed by atoms with van der Waals surface area (Å²) in [5.41, 5.74) is -0.0975. The minimum Gasteiger partial charge on any atom is -0.399 e. The van der Waals surface area contributed by atoms with E-state index in [9.17, 15) is 9.90 Å². The molecule has 2 atom stereocenters. The summed E-state index contributed by atoms with van der Waals surface area (Å²) in [4.78, 5) is 24.6. The number of aliphatic hydroxyl groups excluding tert-OH is 2. The Morgan fingerprint density at radius 2 is 1.90 bits per heavy atom. The number of hydrogen-bond donors (Lipinski definition) is 2. The van der Waals surface area contributed by atoms with Crippen LogP contribution in [-0.4, -0.2) is 88.2 Å². The van der Waals surface area contributed by atoms with Crippen molar-refractivity contribution in [2.45, 2.75) is 63.9 Å². The van der Waals surface area contributed by atoms with E-state index in [1.165, 1.54) is 0 Å². The van der Waals surface area contributed by atoms with E-state index in [-0.39, 0.29) is 6.04 Å². The fourth-order valence-electron chi connectivity index (χ4n) is 3.61. The van der Waals surface area contributed by atoms with Crippen LogP contribution < -0.4 is 10.4 Å².